The number of rotatable bonds is 4. The van der Waals surface area contributed by atoms with Crippen LogP contribution in [0, 0.1) is 0 Å². The average Bonchev–Trinajstić information content (AvgIpc) is 2.74. The molecule has 0 heterocycles. The molecule has 0 aliphatic carbocycles. The smallest absolute Gasteiger partial charge is 0.417 e. The van der Waals surface area contributed by atoms with Crippen molar-refractivity contribution in [2.45, 2.75) is 26.2 Å². The fourth-order valence-corrected chi connectivity index (χ4v) is 2.67. The van der Waals surface area contributed by atoms with Gasteiger partial charge in [-0.1, -0.05) is 63.2 Å². The Morgan fingerprint density at radius 2 is 1.34 bits per heavy atom. The Morgan fingerprint density at radius 1 is 0.812 bits per heavy atom. The third kappa shape index (κ3) is 8.32. The molecular weight excluding hydrogens is 430 g/mol. The number of carbonyl (C=O) groups is 2. The van der Waals surface area contributed by atoms with Crippen LogP contribution < -0.4 is 19.5 Å². The van der Waals surface area contributed by atoms with E-state index in [1.807, 2.05) is 42.5 Å². The molecule has 0 aliphatic rings. The minimum Gasteiger partial charge on any atom is -0.495 e. The Kier molecular flexibility index (Phi) is 9.10. The Labute approximate surface area is 193 Å². The monoisotopic (exact) mass is 455 g/mol. The second-order valence-electron chi connectivity index (χ2n) is 7.65. The van der Waals surface area contributed by atoms with Crippen LogP contribution in [0.25, 0.3) is 0 Å². The predicted octanol–water partition coefficient (Wildman–Crippen LogP) is 7.03. The van der Waals surface area contributed by atoms with E-state index in [0.717, 1.165) is 5.56 Å². The van der Waals surface area contributed by atoms with Crippen LogP contribution in [0.15, 0.2) is 78.9 Å². The van der Waals surface area contributed by atoms with Crippen LogP contribution in [-0.4, -0.2) is 18.6 Å². The van der Waals surface area contributed by atoms with E-state index < -0.39 is 11.5 Å². The number of halogens is 1. The summed E-state index contributed by atoms with van der Waals surface area (Å²) in [6.07, 6.45) is -0.546. The van der Waals surface area contributed by atoms with Crippen molar-refractivity contribution < 1.29 is 23.8 Å². The van der Waals surface area contributed by atoms with Crippen molar-refractivity contribution in [3.8, 4) is 17.2 Å². The van der Waals surface area contributed by atoms with Crippen molar-refractivity contribution in [1.29, 1.82) is 0 Å². The van der Waals surface area contributed by atoms with Gasteiger partial charge in [0, 0.05) is 11.6 Å². The molecule has 0 bridgehead atoms. The summed E-state index contributed by atoms with van der Waals surface area (Å²) in [5, 5.41) is 2.74. The number of anilines is 1. The molecule has 6 nitrogen and oxygen atoms in total. The number of methoxy groups -OCH3 is 1. The van der Waals surface area contributed by atoms with E-state index in [9.17, 15) is 9.59 Å². The first-order valence-corrected chi connectivity index (χ1v) is 10.2. The molecule has 168 valence electrons. The SMILES string of the molecule is COc1ccc(C(C)(C)C)cc1NC(=O)Oc1ccccc1.O=C(Cl)Oc1ccccc1. The zero-order chi connectivity index (χ0) is 23.6. The molecule has 3 aromatic rings. The van der Waals surface area contributed by atoms with E-state index in [0.29, 0.717) is 22.9 Å². The molecule has 7 heteroatoms. The number of benzene rings is 3. The molecule has 0 spiro atoms. The van der Waals surface area contributed by atoms with Gasteiger partial charge in [-0.15, -0.1) is 0 Å². The van der Waals surface area contributed by atoms with E-state index in [1.165, 1.54) is 0 Å². The molecule has 0 fully saturated rings. The Hall–Kier alpha value is -3.51. The molecule has 0 aromatic heterocycles. The van der Waals surface area contributed by atoms with Gasteiger partial charge in [0.25, 0.3) is 0 Å². The van der Waals surface area contributed by atoms with Gasteiger partial charge in [0.2, 0.25) is 0 Å². The maximum absolute atomic E-state index is 12.0. The van der Waals surface area contributed by atoms with Gasteiger partial charge < -0.3 is 14.2 Å². The summed E-state index contributed by atoms with van der Waals surface area (Å²) in [6, 6.07) is 23.3. The molecule has 3 rings (SSSR count). The zero-order valence-electron chi connectivity index (χ0n) is 18.4. The van der Waals surface area contributed by atoms with Crippen LogP contribution in [0.4, 0.5) is 15.3 Å². The van der Waals surface area contributed by atoms with E-state index in [2.05, 4.69) is 30.8 Å². The minimum atomic E-state index is -0.814. The van der Waals surface area contributed by atoms with E-state index >= 15 is 0 Å². The molecule has 32 heavy (non-hydrogen) atoms. The van der Waals surface area contributed by atoms with Crippen LogP contribution in [0.2, 0.25) is 0 Å². The summed E-state index contributed by atoms with van der Waals surface area (Å²) in [6.45, 7) is 6.34. The maximum Gasteiger partial charge on any atom is 0.417 e. The zero-order valence-corrected chi connectivity index (χ0v) is 19.2. The molecule has 1 amide bonds. The van der Waals surface area contributed by atoms with Crippen LogP contribution in [-0.2, 0) is 5.41 Å². The van der Waals surface area contributed by atoms with E-state index in [4.69, 9.17) is 21.1 Å². The third-order valence-electron chi connectivity index (χ3n) is 4.20. The lowest BCUT2D eigenvalue weighted by molar-refractivity contribution is 0.215. The Bertz CT molecular complexity index is 1020. The fourth-order valence-electron chi connectivity index (χ4n) is 2.58. The number of nitrogens with one attached hydrogen (secondary N) is 1. The average molecular weight is 456 g/mol. The summed E-state index contributed by atoms with van der Waals surface area (Å²) < 4.78 is 15.1. The summed E-state index contributed by atoms with van der Waals surface area (Å²) in [4.78, 5) is 22.2. The van der Waals surface area contributed by atoms with Gasteiger partial charge in [-0.3, -0.25) is 5.32 Å². The van der Waals surface area contributed by atoms with Gasteiger partial charge in [-0.2, -0.15) is 0 Å². The normalized spacial score (nSPS) is 10.3. The Balaban J connectivity index is 0.000000303. The summed E-state index contributed by atoms with van der Waals surface area (Å²) in [7, 11) is 1.57. The number of hydrogen-bond acceptors (Lipinski definition) is 5. The molecule has 1 N–H and O–H groups in total. The molecule has 0 atom stereocenters. The quantitative estimate of drug-likeness (QED) is 0.427. The van der Waals surface area contributed by atoms with E-state index in [-0.39, 0.29) is 5.41 Å². The number of ether oxygens (including phenoxy) is 3. The van der Waals surface area contributed by atoms with Crippen LogP contribution in [0.5, 0.6) is 17.2 Å². The van der Waals surface area contributed by atoms with Gasteiger partial charge >= 0.3 is 11.5 Å². The lowest BCUT2D eigenvalue weighted by atomic mass is 9.87. The van der Waals surface area contributed by atoms with Gasteiger partial charge in [0.05, 0.1) is 12.8 Å². The lowest BCUT2D eigenvalue weighted by Gasteiger charge is -2.21. The fraction of sp³-hybridized carbons (Fsp3) is 0.200. The lowest BCUT2D eigenvalue weighted by Crippen LogP contribution is -2.18. The summed E-state index contributed by atoms with van der Waals surface area (Å²) >= 11 is 4.95. The van der Waals surface area contributed by atoms with Crippen LogP contribution >= 0.6 is 11.6 Å². The number of hydrogen-bond donors (Lipinski definition) is 1. The second kappa shape index (κ2) is 11.8. The predicted molar refractivity (Wildman–Crippen MR) is 126 cm³/mol. The highest BCUT2D eigenvalue weighted by molar-refractivity contribution is 6.61. The first kappa shape index (κ1) is 24.8. The molecule has 0 radical (unpaired) electrons. The van der Waals surface area contributed by atoms with Crippen molar-refractivity contribution in [2.24, 2.45) is 0 Å². The molecule has 0 saturated heterocycles. The molecule has 0 aliphatic heterocycles. The van der Waals surface area contributed by atoms with Crippen molar-refractivity contribution >= 4 is 28.8 Å². The molecule has 3 aromatic carbocycles. The van der Waals surface area contributed by atoms with Gasteiger partial charge in [-0.05, 0) is 47.4 Å². The van der Waals surface area contributed by atoms with Gasteiger partial charge in [0.15, 0.2) is 0 Å². The topological polar surface area (TPSA) is 73.9 Å². The Morgan fingerprint density at radius 3 is 1.81 bits per heavy atom. The summed E-state index contributed by atoms with van der Waals surface area (Å²) in [5.74, 6) is 1.55. The third-order valence-corrected chi connectivity index (χ3v) is 4.27. The molecular formula is C25H26ClNO5. The van der Waals surface area contributed by atoms with Crippen LogP contribution in [0.3, 0.4) is 0 Å². The van der Waals surface area contributed by atoms with Gasteiger partial charge in [0.1, 0.15) is 17.2 Å². The highest BCUT2D eigenvalue weighted by atomic mass is 35.5. The first-order chi connectivity index (χ1) is 15.2. The second-order valence-corrected chi connectivity index (χ2v) is 7.95. The molecule has 0 saturated carbocycles. The first-order valence-electron chi connectivity index (χ1n) is 9.84. The van der Waals surface area contributed by atoms with Crippen molar-refractivity contribution in [2.75, 3.05) is 12.4 Å². The van der Waals surface area contributed by atoms with Crippen molar-refractivity contribution in [3.63, 3.8) is 0 Å². The highest BCUT2D eigenvalue weighted by Gasteiger charge is 2.17. The standard InChI is InChI=1S/C18H21NO3.C7H5ClO2/c1-18(2,3)13-10-11-16(21-4)15(12-13)19-17(20)22-14-8-6-5-7-9-14;8-7(9)10-6-4-2-1-3-5-6/h5-12H,1-4H3,(H,19,20);1-5H. The van der Waals surface area contributed by atoms with Gasteiger partial charge in [-0.25, -0.2) is 9.59 Å². The highest BCUT2D eigenvalue weighted by Crippen LogP contribution is 2.31. The van der Waals surface area contributed by atoms with Crippen molar-refractivity contribution in [3.05, 3.63) is 84.4 Å². The van der Waals surface area contributed by atoms with Crippen molar-refractivity contribution in [1.82, 2.24) is 0 Å². The molecule has 0 unspecified atom stereocenters. The van der Waals surface area contributed by atoms with Crippen LogP contribution in [0.1, 0.15) is 26.3 Å². The number of para-hydroxylation sites is 2. The minimum absolute atomic E-state index is 0.0218. The van der Waals surface area contributed by atoms with E-state index in [1.54, 1.807) is 43.5 Å². The number of carbonyl (C=O) groups excluding carboxylic acids is 2. The largest absolute Gasteiger partial charge is 0.495 e. The summed E-state index contributed by atoms with van der Waals surface area (Å²) in [5.41, 5.74) is 0.858. The maximum atomic E-state index is 12.0. The number of amides is 1.